The number of piperidine rings is 1. The van der Waals surface area contributed by atoms with Gasteiger partial charge < -0.3 is 14.7 Å². The number of aryl methyl sites for hydroxylation is 1. The monoisotopic (exact) mass is 315 g/mol. The predicted molar refractivity (Wildman–Crippen MR) is 94.9 cm³/mol. The minimum absolute atomic E-state index is 0.209. The Balaban J connectivity index is 1.60. The number of benzene rings is 1. The van der Waals surface area contributed by atoms with Crippen molar-refractivity contribution < 1.29 is 4.79 Å². The van der Waals surface area contributed by atoms with Crippen molar-refractivity contribution >= 4 is 11.6 Å². The van der Waals surface area contributed by atoms with Crippen LogP contribution in [-0.4, -0.2) is 62.0 Å². The van der Waals surface area contributed by atoms with Crippen LogP contribution in [0.3, 0.4) is 0 Å². The second-order valence-corrected chi connectivity index (χ2v) is 7.13. The Labute approximate surface area is 140 Å². The molecule has 1 aromatic carbocycles. The Morgan fingerprint density at radius 1 is 1.09 bits per heavy atom. The van der Waals surface area contributed by atoms with E-state index >= 15 is 0 Å². The molecule has 1 aromatic rings. The molecule has 126 valence electrons. The molecule has 0 radical (unpaired) electrons. The molecule has 23 heavy (non-hydrogen) atoms. The van der Waals surface area contributed by atoms with E-state index in [2.05, 4.69) is 53.8 Å². The maximum atomic E-state index is 12.7. The zero-order valence-electron chi connectivity index (χ0n) is 14.7. The van der Waals surface area contributed by atoms with Crippen LogP contribution in [0, 0.1) is 19.8 Å². The molecule has 3 rings (SSSR count). The standard InChI is InChI=1S/C19H29N3O/c1-15-6-4-8-18(16(15)2)21-10-12-22(13-11-21)19(23)17-7-5-9-20(3)14-17/h4,6,8,17H,5,7,9-14H2,1-3H3/t17-/m0/s1. The van der Waals surface area contributed by atoms with Gasteiger partial charge in [-0.05, 0) is 57.5 Å². The van der Waals surface area contributed by atoms with Crippen molar-refractivity contribution in [2.45, 2.75) is 26.7 Å². The minimum Gasteiger partial charge on any atom is -0.368 e. The molecular weight excluding hydrogens is 286 g/mol. The summed E-state index contributed by atoms with van der Waals surface area (Å²) in [7, 11) is 2.12. The minimum atomic E-state index is 0.209. The smallest absolute Gasteiger partial charge is 0.227 e. The molecule has 2 aliphatic rings. The van der Waals surface area contributed by atoms with E-state index in [-0.39, 0.29) is 5.92 Å². The number of anilines is 1. The molecule has 2 fully saturated rings. The highest BCUT2D eigenvalue weighted by Gasteiger charge is 2.30. The molecule has 2 aliphatic heterocycles. The van der Waals surface area contributed by atoms with E-state index in [9.17, 15) is 4.79 Å². The summed E-state index contributed by atoms with van der Waals surface area (Å²) in [6, 6.07) is 6.50. The lowest BCUT2D eigenvalue weighted by atomic mass is 9.96. The second-order valence-electron chi connectivity index (χ2n) is 7.13. The summed E-state index contributed by atoms with van der Waals surface area (Å²) in [6.45, 7) is 10.0. The molecule has 0 spiro atoms. The van der Waals surface area contributed by atoms with Crippen LogP contribution in [0.1, 0.15) is 24.0 Å². The number of nitrogens with zero attached hydrogens (tertiary/aromatic N) is 3. The number of hydrogen-bond donors (Lipinski definition) is 0. The SMILES string of the molecule is Cc1cccc(N2CCN(C(=O)[C@H]3CCCN(C)C3)CC2)c1C. The van der Waals surface area contributed by atoms with Crippen LogP contribution < -0.4 is 4.90 Å². The average molecular weight is 315 g/mol. The van der Waals surface area contributed by atoms with Crippen molar-refractivity contribution in [3.8, 4) is 0 Å². The molecule has 2 saturated heterocycles. The summed E-state index contributed by atoms with van der Waals surface area (Å²) >= 11 is 0. The number of hydrogen-bond acceptors (Lipinski definition) is 3. The number of carbonyl (C=O) groups is 1. The highest BCUT2D eigenvalue weighted by Crippen LogP contribution is 2.25. The van der Waals surface area contributed by atoms with Gasteiger partial charge in [0.05, 0.1) is 5.92 Å². The van der Waals surface area contributed by atoms with Gasteiger partial charge in [0.1, 0.15) is 0 Å². The maximum Gasteiger partial charge on any atom is 0.227 e. The van der Waals surface area contributed by atoms with Gasteiger partial charge in [-0.15, -0.1) is 0 Å². The van der Waals surface area contributed by atoms with Crippen LogP contribution in [0.15, 0.2) is 18.2 Å². The van der Waals surface area contributed by atoms with Crippen LogP contribution in [0.5, 0.6) is 0 Å². The van der Waals surface area contributed by atoms with Gasteiger partial charge in [-0.25, -0.2) is 0 Å². The predicted octanol–water partition coefficient (Wildman–Crippen LogP) is 2.29. The lowest BCUT2D eigenvalue weighted by Gasteiger charge is -2.39. The summed E-state index contributed by atoms with van der Waals surface area (Å²) in [6.07, 6.45) is 2.20. The zero-order valence-corrected chi connectivity index (χ0v) is 14.7. The third kappa shape index (κ3) is 3.52. The Morgan fingerprint density at radius 2 is 1.83 bits per heavy atom. The topological polar surface area (TPSA) is 26.8 Å². The van der Waals surface area contributed by atoms with Crippen molar-refractivity contribution in [2.24, 2.45) is 5.92 Å². The van der Waals surface area contributed by atoms with Crippen LogP contribution >= 0.6 is 0 Å². The Bertz CT molecular complexity index is 564. The van der Waals surface area contributed by atoms with Crippen LogP contribution in [0.2, 0.25) is 0 Å². The second kappa shape index (κ2) is 6.91. The van der Waals surface area contributed by atoms with E-state index in [1.807, 2.05) is 0 Å². The first-order valence-corrected chi connectivity index (χ1v) is 8.85. The van der Waals surface area contributed by atoms with Gasteiger partial charge in [0.15, 0.2) is 0 Å². The molecule has 0 unspecified atom stereocenters. The third-order valence-corrected chi connectivity index (χ3v) is 5.48. The molecular formula is C19H29N3O. The first-order valence-electron chi connectivity index (χ1n) is 8.85. The molecule has 0 aromatic heterocycles. The summed E-state index contributed by atoms with van der Waals surface area (Å²) in [5.41, 5.74) is 4.03. The van der Waals surface area contributed by atoms with Crippen molar-refractivity contribution in [3.05, 3.63) is 29.3 Å². The first-order chi connectivity index (χ1) is 11.1. The molecule has 0 bridgehead atoms. The lowest BCUT2D eigenvalue weighted by Crippen LogP contribution is -2.52. The van der Waals surface area contributed by atoms with Crippen LogP contribution in [-0.2, 0) is 4.79 Å². The Hall–Kier alpha value is -1.55. The lowest BCUT2D eigenvalue weighted by molar-refractivity contribution is -0.137. The van der Waals surface area contributed by atoms with Gasteiger partial charge in [0.2, 0.25) is 5.91 Å². The highest BCUT2D eigenvalue weighted by atomic mass is 16.2. The van der Waals surface area contributed by atoms with Crippen LogP contribution in [0.4, 0.5) is 5.69 Å². The molecule has 0 saturated carbocycles. The van der Waals surface area contributed by atoms with E-state index in [0.29, 0.717) is 5.91 Å². The molecule has 0 aliphatic carbocycles. The fraction of sp³-hybridized carbons (Fsp3) is 0.632. The van der Waals surface area contributed by atoms with E-state index in [1.54, 1.807) is 0 Å². The Kier molecular flexibility index (Phi) is 4.90. The molecule has 4 heteroatoms. The number of rotatable bonds is 2. The largest absolute Gasteiger partial charge is 0.368 e. The number of amides is 1. The van der Waals surface area contributed by atoms with Gasteiger partial charge in [-0.1, -0.05) is 12.1 Å². The van der Waals surface area contributed by atoms with E-state index in [1.165, 1.54) is 16.8 Å². The fourth-order valence-electron chi connectivity index (χ4n) is 3.87. The molecule has 4 nitrogen and oxygen atoms in total. The van der Waals surface area contributed by atoms with E-state index in [4.69, 9.17) is 0 Å². The van der Waals surface area contributed by atoms with Crippen molar-refractivity contribution in [2.75, 3.05) is 51.2 Å². The van der Waals surface area contributed by atoms with Crippen LogP contribution in [0.25, 0.3) is 0 Å². The fourth-order valence-corrected chi connectivity index (χ4v) is 3.87. The van der Waals surface area contributed by atoms with Crippen molar-refractivity contribution in [3.63, 3.8) is 0 Å². The summed E-state index contributed by atoms with van der Waals surface area (Å²) < 4.78 is 0. The summed E-state index contributed by atoms with van der Waals surface area (Å²) in [5, 5.41) is 0. The summed E-state index contributed by atoms with van der Waals surface area (Å²) in [5.74, 6) is 0.582. The highest BCUT2D eigenvalue weighted by molar-refractivity contribution is 5.79. The quantitative estimate of drug-likeness (QED) is 0.838. The third-order valence-electron chi connectivity index (χ3n) is 5.48. The number of piperazine rings is 1. The van der Waals surface area contributed by atoms with Gasteiger partial charge in [0.25, 0.3) is 0 Å². The van der Waals surface area contributed by atoms with Gasteiger partial charge in [0, 0.05) is 38.4 Å². The normalized spacial score (nSPS) is 23.2. The van der Waals surface area contributed by atoms with Crippen molar-refractivity contribution in [1.29, 1.82) is 0 Å². The van der Waals surface area contributed by atoms with Gasteiger partial charge in [-0.2, -0.15) is 0 Å². The zero-order chi connectivity index (χ0) is 16.4. The maximum absolute atomic E-state index is 12.7. The molecule has 2 heterocycles. The molecule has 1 amide bonds. The van der Waals surface area contributed by atoms with Crippen molar-refractivity contribution in [1.82, 2.24) is 9.80 Å². The van der Waals surface area contributed by atoms with Gasteiger partial charge >= 0.3 is 0 Å². The average Bonchev–Trinajstić information content (AvgIpc) is 2.57. The first kappa shape index (κ1) is 16.3. The van der Waals surface area contributed by atoms with E-state index < -0.39 is 0 Å². The number of carbonyl (C=O) groups excluding carboxylic acids is 1. The molecule has 1 atom stereocenters. The summed E-state index contributed by atoms with van der Waals surface area (Å²) in [4.78, 5) is 19.6. The van der Waals surface area contributed by atoms with Gasteiger partial charge in [-0.3, -0.25) is 4.79 Å². The molecule has 0 N–H and O–H groups in total. The number of likely N-dealkylation sites (tertiary alicyclic amines) is 1. The Morgan fingerprint density at radius 3 is 2.52 bits per heavy atom. The van der Waals surface area contributed by atoms with E-state index in [0.717, 1.165) is 52.1 Å².